The summed E-state index contributed by atoms with van der Waals surface area (Å²) in [5.41, 5.74) is 4.38. The van der Waals surface area contributed by atoms with Gasteiger partial charge in [-0.05, 0) is 54.7 Å². The molecular weight excluding hydrogens is 366 g/mol. The maximum absolute atomic E-state index is 11.2. The number of carbonyl (C=O) groups excluding carboxylic acids is 1. The fourth-order valence-electron chi connectivity index (χ4n) is 3.89. The van der Waals surface area contributed by atoms with E-state index in [4.69, 9.17) is 0 Å². The lowest BCUT2D eigenvalue weighted by Crippen LogP contribution is -2.23. The standard InChI is InChI=1S/C23H25N3OS/c1-26-12-3-2-7-23(26)28-20-8-9-21-17(13-20)5-4-6-18(21)14-25-22-15-24-11-10-19(22)16-27/h2-3,7-13,15-16,18,23,25H,4-6,14H2,1H3. The largest absolute Gasteiger partial charge is 0.383 e. The smallest absolute Gasteiger partial charge is 0.152 e. The van der Waals surface area contributed by atoms with Crippen LogP contribution in [-0.4, -0.2) is 35.1 Å². The van der Waals surface area contributed by atoms with E-state index >= 15 is 0 Å². The van der Waals surface area contributed by atoms with Crippen molar-refractivity contribution in [2.75, 3.05) is 18.9 Å². The molecule has 2 heterocycles. The number of nitrogens with one attached hydrogen (secondary N) is 1. The molecule has 1 aliphatic heterocycles. The lowest BCUT2D eigenvalue weighted by molar-refractivity contribution is 0.112. The molecule has 0 spiro atoms. The molecule has 0 amide bonds. The van der Waals surface area contributed by atoms with E-state index in [1.54, 1.807) is 18.5 Å². The third-order valence-electron chi connectivity index (χ3n) is 5.44. The third-order valence-corrected chi connectivity index (χ3v) is 6.70. The second kappa shape index (κ2) is 8.65. The fourth-order valence-corrected chi connectivity index (χ4v) is 4.93. The van der Waals surface area contributed by atoms with Crippen LogP contribution in [0.5, 0.6) is 0 Å². The van der Waals surface area contributed by atoms with Gasteiger partial charge >= 0.3 is 0 Å². The quantitative estimate of drug-likeness (QED) is 0.713. The molecule has 0 saturated carbocycles. The van der Waals surface area contributed by atoms with Gasteiger partial charge in [-0.25, -0.2) is 0 Å². The molecule has 1 aromatic carbocycles. The summed E-state index contributed by atoms with van der Waals surface area (Å²) >= 11 is 1.89. The topological polar surface area (TPSA) is 45.2 Å². The Hall–Kier alpha value is -2.53. The molecule has 1 aliphatic carbocycles. The van der Waals surface area contributed by atoms with Gasteiger partial charge < -0.3 is 10.2 Å². The van der Waals surface area contributed by atoms with Gasteiger partial charge in [0.05, 0.1) is 17.3 Å². The van der Waals surface area contributed by atoms with Crippen molar-refractivity contribution in [1.82, 2.24) is 9.88 Å². The Balaban J connectivity index is 1.46. The molecule has 2 aliphatic rings. The van der Waals surface area contributed by atoms with Gasteiger partial charge in [-0.3, -0.25) is 9.78 Å². The van der Waals surface area contributed by atoms with Crippen LogP contribution in [0, 0.1) is 0 Å². The van der Waals surface area contributed by atoms with Crippen molar-refractivity contribution in [1.29, 1.82) is 0 Å². The zero-order chi connectivity index (χ0) is 19.3. The van der Waals surface area contributed by atoms with E-state index in [9.17, 15) is 4.79 Å². The van der Waals surface area contributed by atoms with Gasteiger partial charge in [0.2, 0.25) is 0 Å². The third kappa shape index (κ3) is 4.14. The van der Waals surface area contributed by atoms with E-state index in [1.165, 1.54) is 28.9 Å². The van der Waals surface area contributed by atoms with Crippen LogP contribution in [0.3, 0.4) is 0 Å². The average molecular weight is 392 g/mol. The van der Waals surface area contributed by atoms with Crippen LogP contribution < -0.4 is 5.32 Å². The van der Waals surface area contributed by atoms with Crippen LogP contribution >= 0.6 is 11.8 Å². The zero-order valence-corrected chi connectivity index (χ0v) is 16.9. The maximum atomic E-state index is 11.2. The van der Waals surface area contributed by atoms with Crippen molar-refractivity contribution < 1.29 is 4.79 Å². The van der Waals surface area contributed by atoms with Gasteiger partial charge in [0.1, 0.15) is 0 Å². The second-order valence-electron chi connectivity index (χ2n) is 7.31. The van der Waals surface area contributed by atoms with Gasteiger partial charge in [0, 0.05) is 42.4 Å². The number of hydrogen-bond donors (Lipinski definition) is 1. The molecule has 144 valence electrons. The number of likely N-dealkylation sites (N-methyl/N-ethyl adjacent to an activating group) is 1. The molecule has 1 N–H and O–H groups in total. The number of aldehydes is 1. The number of aromatic nitrogens is 1. The highest BCUT2D eigenvalue weighted by Gasteiger charge is 2.21. The Kier molecular flexibility index (Phi) is 5.81. The van der Waals surface area contributed by atoms with E-state index in [0.29, 0.717) is 16.9 Å². The number of thioether (sulfide) groups is 1. The van der Waals surface area contributed by atoms with Crippen molar-refractivity contribution in [3.05, 3.63) is 77.8 Å². The summed E-state index contributed by atoms with van der Waals surface area (Å²) in [6.45, 7) is 0.824. The first-order valence-electron chi connectivity index (χ1n) is 9.74. The predicted octanol–water partition coefficient (Wildman–Crippen LogP) is 4.86. The van der Waals surface area contributed by atoms with Crippen molar-refractivity contribution >= 4 is 23.7 Å². The number of allylic oxidation sites excluding steroid dienone is 2. The highest BCUT2D eigenvalue weighted by atomic mass is 32.2. The van der Waals surface area contributed by atoms with Crippen LogP contribution in [0.2, 0.25) is 0 Å². The van der Waals surface area contributed by atoms with Crippen molar-refractivity contribution in [2.45, 2.75) is 35.4 Å². The molecule has 1 aromatic heterocycles. The summed E-state index contributed by atoms with van der Waals surface area (Å²) < 4.78 is 0. The highest BCUT2D eigenvalue weighted by molar-refractivity contribution is 8.00. The molecule has 2 unspecified atom stereocenters. The molecule has 4 nitrogen and oxygen atoms in total. The second-order valence-corrected chi connectivity index (χ2v) is 8.50. The van der Waals surface area contributed by atoms with Crippen LogP contribution in [-0.2, 0) is 6.42 Å². The highest BCUT2D eigenvalue weighted by Crippen LogP contribution is 2.36. The van der Waals surface area contributed by atoms with Gasteiger partial charge in [-0.1, -0.05) is 30.0 Å². The Labute approximate surface area is 170 Å². The minimum absolute atomic E-state index is 0.344. The molecule has 0 fully saturated rings. The lowest BCUT2D eigenvalue weighted by Gasteiger charge is -2.28. The van der Waals surface area contributed by atoms with E-state index in [0.717, 1.165) is 24.9 Å². The number of anilines is 1. The number of rotatable bonds is 6. The zero-order valence-electron chi connectivity index (χ0n) is 16.0. The molecule has 0 saturated heterocycles. The number of pyridine rings is 1. The minimum Gasteiger partial charge on any atom is -0.383 e. The van der Waals surface area contributed by atoms with Crippen molar-refractivity contribution in [2.24, 2.45) is 0 Å². The summed E-state index contributed by atoms with van der Waals surface area (Å²) in [5, 5.41) is 3.78. The van der Waals surface area contributed by atoms with E-state index < -0.39 is 0 Å². The lowest BCUT2D eigenvalue weighted by atomic mass is 9.83. The van der Waals surface area contributed by atoms with Crippen LogP contribution in [0.15, 0.2) is 66.0 Å². The molecule has 0 radical (unpaired) electrons. The van der Waals surface area contributed by atoms with Gasteiger partial charge in [-0.15, -0.1) is 0 Å². The number of hydrogen-bond acceptors (Lipinski definition) is 5. The number of nitrogens with zero attached hydrogens (tertiary/aromatic N) is 2. The number of carbonyl (C=O) groups is 1. The summed E-state index contributed by atoms with van der Waals surface area (Å²) in [4.78, 5) is 18.9. The molecule has 4 rings (SSSR count). The average Bonchev–Trinajstić information content (AvgIpc) is 2.74. The van der Waals surface area contributed by atoms with Crippen LogP contribution in [0.1, 0.15) is 40.2 Å². The number of benzene rings is 1. The predicted molar refractivity (Wildman–Crippen MR) is 116 cm³/mol. The van der Waals surface area contributed by atoms with Gasteiger partial charge in [0.25, 0.3) is 0 Å². The Morgan fingerprint density at radius 2 is 2.25 bits per heavy atom. The van der Waals surface area contributed by atoms with Gasteiger partial charge in [-0.2, -0.15) is 0 Å². The van der Waals surface area contributed by atoms with Crippen molar-refractivity contribution in [3.63, 3.8) is 0 Å². The summed E-state index contributed by atoms with van der Waals surface area (Å²) in [5.74, 6) is 0.461. The van der Waals surface area contributed by atoms with E-state index in [-0.39, 0.29) is 0 Å². The van der Waals surface area contributed by atoms with E-state index in [1.807, 2.05) is 11.8 Å². The molecule has 2 atom stereocenters. The Morgan fingerprint density at radius 3 is 3.11 bits per heavy atom. The first kappa shape index (κ1) is 18.8. The molecular formula is C23H25N3OS. The number of fused-ring (bicyclic) bond motifs is 1. The normalized spacial score (nSPS) is 20.7. The monoisotopic (exact) mass is 391 g/mol. The molecule has 5 heteroatoms. The van der Waals surface area contributed by atoms with Crippen molar-refractivity contribution in [3.8, 4) is 0 Å². The maximum Gasteiger partial charge on any atom is 0.152 e. The Morgan fingerprint density at radius 1 is 1.32 bits per heavy atom. The minimum atomic E-state index is 0.344. The Bertz CT molecular complexity index is 908. The fraction of sp³-hybridized carbons (Fsp3) is 0.304. The first-order valence-corrected chi connectivity index (χ1v) is 10.6. The molecule has 28 heavy (non-hydrogen) atoms. The molecule has 0 bridgehead atoms. The number of aryl methyl sites for hydroxylation is 1. The van der Waals surface area contributed by atoms with Gasteiger partial charge in [0.15, 0.2) is 6.29 Å². The van der Waals surface area contributed by atoms with Crippen LogP contribution in [0.25, 0.3) is 0 Å². The van der Waals surface area contributed by atoms with E-state index in [2.05, 4.69) is 64.9 Å². The summed E-state index contributed by atoms with van der Waals surface area (Å²) in [7, 11) is 2.11. The molecule has 2 aromatic rings. The SMILES string of the molecule is CN1C=CC=CC1Sc1ccc2c(c1)CCCC2CNc1cnccc1C=O. The first-order chi connectivity index (χ1) is 13.7. The summed E-state index contributed by atoms with van der Waals surface area (Å²) in [6.07, 6.45) is 16.3. The van der Waals surface area contributed by atoms with Crippen LogP contribution in [0.4, 0.5) is 5.69 Å². The summed E-state index contributed by atoms with van der Waals surface area (Å²) in [6, 6.07) is 8.67.